The van der Waals surface area contributed by atoms with E-state index in [1.165, 1.54) is 4.90 Å². The van der Waals surface area contributed by atoms with Crippen LogP contribution in [0.1, 0.15) is 41.4 Å². The Morgan fingerprint density at radius 3 is 2.09 bits per heavy atom. The summed E-state index contributed by atoms with van der Waals surface area (Å²) in [4.78, 5) is 26.3. The van der Waals surface area contributed by atoms with E-state index in [0.29, 0.717) is 13.0 Å². The molecule has 0 unspecified atom stereocenters. The molecule has 0 aromatic heterocycles. The predicted octanol–water partition coefficient (Wildman–Crippen LogP) is 5.27. The van der Waals surface area contributed by atoms with Crippen LogP contribution in [0.15, 0.2) is 78.9 Å². The molecule has 0 radical (unpaired) electrons. The van der Waals surface area contributed by atoms with Gasteiger partial charge in [-0.25, -0.2) is 9.59 Å². The van der Waals surface area contributed by atoms with E-state index in [4.69, 9.17) is 4.74 Å². The largest absolute Gasteiger partial charge is 0.480 e. The first-order chi connectivity index (χ1) is 15.6. The number of carbonyl (C=O) groups is 2. The smallest absolute Gasteiger partial charge is 0.410 e. The van der Waals surface area contributed by atoms with Crippen molar-refractivity contribution < 1.29 is 19.4 Å². The number of carboxylic acid groups (broad SMARTS) is 1. The minimum absolute atomic E-state index is 0.0449. The highest BCUT2D eigenvalue weighted by atomic mass is 16.6. The molecule has 2 atom stereocenters. The Bertz CT molecular complexity index is 1100. The van der Waals surface area contributed by atoms with Gasteiger partial charge in [0.1, 0.15) is 12.6 Å². The lowest BCUT2D eigenvalue weighted by Crippen LogP contribution is -2.50. The van der Waals surface area contributed by atoms with Crippen LogP contribution in [0, 0.1) is 0 Å². The van der Waals surface area contributed by atoms with Gasteiger partial charge in [-0.1, -0.05) is 78.9 Å². The Balaban J connectivity index is 1.31. The fourth-order valence-corrected chi connectivity index (χ4v) is 5.12. The first-order valence-corrected chi connectivity index (χ1v) is 11.0. The van der Waals surface area contributed by atoms with Gasteiger partial charge in [0.05, 0.1) is 0 Å². The summed E-state index contributed by atoms with van der Waals surface area (Å²) in [7, 11) is 0. The van der Waals surface area contributed by atoms with Gasteiger partial charge in [0.25, 0.3) is 0 Å². The van der Waals surface area contributed by atoms with Crippen LogP contribution in [-0.2, 0) is 9.53 Å². The number of carboxylic acids is 1. The second-order valence-electron chi connectivity index (χ2n) is 8.48. The van der Waals surface area contributed by atoms with Gasteiger partial charge in [-0.15, -0.1) is 0 Å². The zero-order chi connectivity index (χ0) is 22.1. The van der Waals surface area contributed by atoms with Crippen molar-refractivity contribution in [2.45, 2.75) is 30.7 Å². The number of piperidine rings is 1. The Labute approximate surface area is 187 Å². The summed E-state index contributed by atoms with van der Waals surface area (Å²) in [6.45, 7) is 0.561. The SMILES string of the molecule is O=C(O)[C@@H]1C[C@@H](c2ccccc2)CCN1C(=O)OCC1c2ccccc2-c2ccccc21. The van der Waals surface area contributed by atoms with Crippen LogP contribution in [0.5, 0.6) is 0 Å². The number of benzene rings is 3. The molecule has 1 amide bonds. The summed E-state index contributed by atoms with van der Waals surface area (Å²) in [6.07, 6.45) is 0.562. The van der Waals surface area contributed by atoms with E-state index in [9.17, 15) is 14.7 Å². The molecule has 3 aromatic carbocycles. The molecule has 1 N–H and O–H groups in total. The van der Waals surface area contributed by atoms with Crippen LogP contribution < -0.4 is 0 Å². The summed E-state index contributed by atoms with van der Waals surface area (Å²) >= 11 is 0. The van der Waals surface area contributed by atoms with Crippen molar-refractivity contribution in [3.05, 3.63) is 95.6 Å². The van der Waals surface area contributed by atoms with Crippen molar-refractivity contribution in [3.63, 3.8) is 0 Å². The van der Waals surface area contributed by atoms with Crippen LogP contribution in [0.25, 0.3) is 11.1 Å². The van der Waals surface area contributed by atoms with Crippen molar-refractivity contribution in [1.29, 1.82) is 0 Å². The van der Waals surface area contributed by atoms with E-state index < -0.39 is 18.1 Å². The Hall–Kier alpha value is -3.60. The van der Waals surface area contributed by atoms with Crippen molar-refractivity contribution in [3.8, 4) is 11.1 Å². The van der Waals surface area contributed by atoms with Crippen LogP contribution in [0.3, 0.4) is 0 Å². The zero-order valence-corrected chi connectivity index (χ0v) is 17.7. The molecule has 1 aliphatic carbocycles. The molecule has 1 saturated heterocycles. The molecule has 3 aromatic rings. The second-order valence-corrected chi connectivity index (χ2v) is 8.48. The van der Waals surface area contributed by atoms with Crippen LogP contribution >= 0.6 is 0 Å². The molecule has 0 bridgehead atoms. The molecule has 1 aliphatic heterocycles. The third-order valence-electron chi connectivity index (χ3n) is 6.73. The summed E-state index contributed by atoms with van der Waals surface area (Å²) in [6, 6.07) is 25.4. The number of carbonyl (C=O) groups excluding carboxylic acids is 1. The minimum atomic E-state index is -0.987. The molecular weight excluding hydrogens is 402 g/mol. The third-order valence-corrected chi connectivity index (χ3v) is 6.73. The average molecular weight is 428 g/mol. The fourth-order valence-electron chi connectivity index (χ4n) is 5.12. The molecule has 0 saturated carbocycles. The number of hydrogen-bond acceptors (Lipinski definition) is 3. The highest BCUT2D eigenvalue weighted by molar-refractivity contribution is 5.81. The van der Waals surface area contributed by atoms with E-state index in [-0.39, 0.29) is 18.4 Å². The van der Waals surface area contributed by atoms with E-state index in [2.05, 4.69) is 24.3 Å². The number of nitrogens with zero attached hydrogens (tertiary/aromatic N) is 1. The van der Waals surface area contributed by atoms with Crippen molar-refractivity contribution in [1.82, 2.24) is 4.90 Å². The van der Waals surface area contributed by atoms with Crippen LogP contribution in [0.4, 0.5) is 4.79 Å². The van der Waals surface area contributed by atoms with Gasteiger partial charge in [-0.3, -0.25) is 4.90 Å². The first kappa shape index (κ1) is 20.3. The van der Waals surface area contributed by atoms with Crippen molar-refractivity contribution in [2.24, 2.45) is 0 Å². The maximum Gasteiger partial charge on any atom is 0.410 e. The fraction of sp³-hybridized carbons (Fsp3) is 0.259. The summed E-state index contributed by atoms with van der Waals surface area (Å²) in [5.41, 5.74) is 5.72. The topological polar surface area (TPSA) is 66.8 Å². The van der Waals surface area contributed by atoms with Gasteiger partial charge in [-0.2, -0.15) is 0 Å². The van der Waals surface area contributed by atoms with E-state index >= 15 is 0 Å². The van der Waals surface area contributed by atoms with Crippen LogP contribution in [-0.4, -0.2) is 41.3 Å². The Kier molecular flexibility index (Phi) is 5.39. The molecule has 1 fully saturated rings. The maximum atomic E-state index is 13.0. The van der Waals surface area contributed by atoms with Gasteiger partial charge in [0.15, 0.2) is 0 Å². The van der Waals surface area contributed by atoms with Gasteiger partial charge in [0, 0.05) is 12.5 Å². The quantitative estimate of drug-likeness (QED) is 0.616. The summed E-state index contributed by atoms with van der Waals surface area (Å²) < 4.78 is 5.72. The van der Waals surface area contributed by atoms with Crippen LogP contribution in [0.2, 0.25) is 0 Å². The van der Waals surface area contributed by atoms with Crippen molar-refractivity contribution in [2.75, 3.05) is 13.2 Å². The lowest BCUT2D eigenvalue weighted by molar-refractivity contribution is -0.144. The molecule has 2 aliphatic rings. The molecule has 5 rings (SSSR count). The van der Waals surface area contributed by atoms with Crippen molar-refractivity contribution >= 4 is 12.1 Å². The van der Waals surface area contributed by atoms with Gasteiger partial charge >= 0.3 is 12.1 Å². The first-order valence-electron chi connectivity index (χ1n) is 11.0. The minimum Gasteiger partial charge on any atom is -0.480 e. The number of amides is 1. The number of fused-ring (bicyclic) bond motifs is 3. The van der Waals surface area contributed by atoms with Gasteiger partial charge < -0.3 is 9.84 Å². The highest BCUT2D eigenvalue weighted by Crippen LogP contribution is 2.44. The molecular formula is C27H25NO4. The highest BCUT2D eigenvalue weighted by Gasteiger charge is 2.38. The Morgan fingerprint density at radius 1 is 0.875 bits per heavy atom. The predicted molar refractivity (Wildman–Crippen MR) is 122 cm³/mol. The Morgan fingerprint density at radius 2 is 1.47 bits per heavy atom. The second kappa shape index (κ2) is 8.50. The lowest BCUT2D eigenvalue weighted by atomic mass is 9.85. The van der Waals surface area contributed by atoms with Gasteiger partial charge in [-0.05, 0) is 46.6 Å². The third kappa shape index (κ3) is 3.64. The van der Waals surface area contributed by atoms with E-state index in [1.54, 1.807) is 0 Å². The summed E-state index contributed by atoms with van der Waals surface area (Å²) in [5.74, 6) is -0.912. The maximum absolute atomic E-state index is 13.0. The molecule has 32 heavy (non-hydrogen) atoms. The average Bonchev–Trinajstić information content (AvgIpc) is 3.16. The van der Waals surface area contributed by atoms with E-state index in [0.717, 1.165) is 34.2 Å². The molecule has 162 valence electrons. The number of hydrogen-bond donors (Lipinski definition) is 1. The standard InChI is InChI=1S/C27H25NO4/c29-26(30)25-16-19(18-8-2-1-3-9-18)14-15-28(25)27(31)32-17-24-22-12-6-4-10-20(22)21-11-5-7-13-23(21)24/h1-13,19,24-25H,14-17H2,(H,29,30)/t19-,25-/m0/s1. The molecule has 0 spiro atoms. The summed E-state index contributed by atoms with van der Waals surface area (Å²) in [5, 5.41) is 9.81. The zero-order valence-electron chi connectivity index (χ0n) is 17.7. The lowest BCUT2D eigenvalue weighted by Gasteiger charge is -2.36. The molecule has 5 heteroatoms. The normalized spacial score (nSPS) is 19.8. The number of likely N-dealkylation sites (tertiary alicyclic amines) is 1. The number of aliphatic carboxylic acids is 1. The van der Waals surface area contributed by atoms with E-state index in [1.807, 2.05) is 54.6 Å². The number of ether oxygens (including phenoxy) is 1. The number of rotatable bonds is 4. The van der Waals surface area contributed by atoms with Gasteiger partial charge in [0.2, 0.25) is 0 Å². The molecule has 1 heterocycles. The monoisotopic (exact) mass is 427 g/mol. The molecule has 5 nitrogen and oxygen atoms in total.